The first kappa shape index (κ1) is 15.1. The van der Waals surface area contributed by atoms with Crippen molar-refractivity contribution in [3.63, 3.8) is 0 Å². The number of anilines is 1. The first-order chi connectivity index (χ1) is 10.5. The first-order valence-electron chi connectivity index (χ1n) is 6.86. The molecule has 1 amide bonds. The van der Waals surface area contributed by atoms with Crippen molar-refractivity contribution >= 4 is 34.8 Å². The molecule has 0 bridgehead atoms. The number of halogens is 2. The Bertz CT molecular complexity index is 802. The highest BCUT2D eigenvalue weighted by molar-refractivity contribution is 6.42. The molecule has 0 saturated carbocycles. The second-order valence-corrected chi connectivity index (χ2v) is 5.95. The Morgan fingerprint density at radius 2 is 2.09 bits per heavy atom. The summed E-state index contributed by atoms with van der Waals surface area (Å²) >= 11 is 11.7. The molecule has 0 spiro atoms. The lowest BCUT2D eigenvalue weighted by Crippen LogP contribution is -2.30. The van der Waals surface area contributed by atoms with Crippen LogP contribution in [0.5, 0.6) is 0 Å². The molecule has 22 heavy (non-hydrogen) atoms. The predicted molar refractivity (Wildman–Crippen MR) is 85.6 cm³/mol. The molecule has 0 fully saturated rings. The number of fused-ring (bicyclic) bond motifs is 1. The van der Waals surface area contributed by atoms with Gasteiger partial charge in [0, 0.05) is 11.3 Å². The van der Waals surface area contributed by atoms with Gasteiger partial charge < -0.3 is 5.32 Å². The normalized spacial score (nSPS) is 13.0. The zero-order chi connectivity index (χ0) is 15.7. The molecule has 114 valence electrons. The lowest BCUT2D eigenvalue weighted by molar-refractivity contribution is -0.116. The van der Waals surface area contributed by atoms with Gasteiger partial charge in [0.15, 0.2) is 0 Å². The number of hydrogen-bond donors (Lipinski definition) is 1. The summed E-state index contributed by atoms with van der Waals surface area (Å²) in [5.41, 5.74) is 1.98. The van der Waals surface area contributed by atoms with Crippen molar-refractivity contribution in [1.82, 2.24) is 9.55 Å². The number of nitrogens with one attached hydrogen (secondary N) is 1. The summed E-state index contributed by atoms with van der Waals surface area (Å²) in [4.78, 5) is 28.6. The van der Waals surface area contributed by atoms with E-state index < -0.39 is 0 Å². The summed E-state index contributed by atoms with van der Waals surface area (Å²) < 4.78 is 1.33. The molecule has 0 radical (unpaired) electrons. The average Bonchev–Trinajstić information content (AvgIpc) is 2.95. The van der Waals surface area contributed by atoms with Crippen molar-refractivity contribution in [2.75, 3.05) is 5.32 Å². The van der Waals surface area contributed by atoms with Crippen molar-refractivity contribution in [3.8, 4) is 0 Å². The van der Waals surface area contributed by atoms with Crippen LogP contribution in [0.2, 0.25) is 10.0 Å². The molecule has 1 aromatic heterocycles. The van der Waals surface area contributed by atoms with Gasteiger partial charge in [0.25, 0.3) is 5.56 Å². The van der Waals surface area contributed by atoms with E-state index in [4.69, 9.17) is 23.2 Å². The zero-order valence-corrected chi connectivity index (χ0v) is 13.1. The number of benzene rings is 1. The highest BCUT2D eigenvalue weighted by Gasteiger charge is 2.18. The summed E-state index contributed by atoms with van der Waals surface area (Å²) in [6.07, 6.45) is 3.94. The van der Waals surface area contributed by atoms with Gasteiger partial charge >= 0.3 is 0 Å². The van der Waals surface area contributed by atoms with Gasteiger partial charge in [-0.15, -0.1) is 0 Å². The minimum Gasteiger partial charge on any atom is -0.324 e. The standard InChI is InChI=1S/C15H13Cl2N3O2/c16-11-5-4-9(6-12(11)17)19-14(21)7-20-8-18-13-3-1-2-10(13)15(20)22/h4-6,8H,1-3,7H2,(H,19,21). The number of aromatic nitrogens is 2. The number of amides is 1. The van der Waals surface area contributed by atoms with Crippen molar-refractivity contribution in [3.05, 3.63) is 56.2 Å². The van der Waals surface area contributed by atoms with E-state index in [1.54, 1.807) is 18.2 Å². The average molecular weight is 338 g/mol. The van der Waals surface area contributed by atoms with Crippen LogP contribution < -0.4 is 10.9 Å². The molecule has 3 rings (SSSR count). The van der Waals surface area contributed by atoms with Gasteiger partial charge in [-0.05, 0) is 37.5 Å². The van der Waals surface area contributed by atoms with Crippen LogP contribution >= 0.6 is 23.2 Å². The highest BCUT2D eigenvalue weighted by Crippen LogP contribution is 2.25. The fourth-order valence-electron chi connectivity index (χ4n) is 2.51. The largest absolute Gasteiger partial charge is 0.324 e. The molecule has 0 atom stereocenters. The van der Waals surface area contributed by atoms with Crippen LogP contribution in [0.4, 0.5) is 5.69 Å². The summed E-state index contributed by atoms with van der Waals surface area (Å²) in [6.45, 7) is -0.0840. The molecular formula is C15H13Cl2N3O2. The summed E-state index contributed by atoms with van der Waals surface area (Å²) in [5, 5.41) is 3.46. The third kappa shape index (κ3) is 3.00. The van der Waals surface area contributed by atoms with Crippen LogP contribution in [-0.2, 0) is 24.2 Å². The lowest BCUT2D eigenvalue weighted by atomic mass is 10.2. The Kier molecular flexibility index (Phi) is 4.18. The molecule has 5 nitrogen and oxygen atoms in total. The van der Waals surface area contributed by atoms with Gasteiger partial charge in [0.2, 0.25) is 5.91 Å². The molecule has 1 aliphatic carbocycles. The van der Waals surface area contributed by atoms with Crippen LogP contribution in [0.3, 0.4) is 0 Å². The van der Waals surface area contributed by atoms with Crippen LogP contribution in [0.1, 0.15) is 17.7 Å². The Morgan fingerprint density at radius 3 is 2.86 bits per heavy atom. The van der Waals surface area contributed by atoms with Gasteiger partial charge in [-0.1, -0.05) is 23.2 Å². The van der Waals surface area contributed by atoms with Gasteiger partial charge in [-0.25, -0.2) is 4.98 Å². The van der Waals surface area contributed by atoms with E-state index in [1.807, 2.05) is 0 Å². The van der Waals surface area contributed by atoms with E-state index >= 15 is 0 Å². The van der Waals surface area contributed by atoms with E-state index in [-0.39, 0.29) is 18.0 Å². The summed E-state index contributed by atoms with van der Waals surface area (Å²) in [7, 11) is 0. The fourth-order valence-corrected chi connectivity index (χ4v) is 2.81. The van der Waals surface area contributed by atoms with Crippen LogP contribution in [0.15, 0.2) is 29.3 Å². The quantitative estimate of drug-likeness (QED) is 0.936. The van der Waals surface area contributed by atoms with Gasteiger partial charge in [-0.3, -0.25) is 14.2 Å². The molecule has 0 aliphatic heterocycles. The van der Waals surface area contributed by atoms with Crippen LogP contribution in [-0.4, -0.2) is 15.5 Å². The smallest absolute Gasteiger partial charge is 0.257 e. The van der Waals surface area contributed by atoms with Crippen molar-refractivity contribution in [2.24, 2.45) is 0 Å². The molecule has 1 heterocycles. The van der Waals surface area contributed by atoms with Crippen molar-refractivity contribution in [2.45, 2.75) is 25.8 Å². The van der Waals surface area contributed by atoms with Gasteiger partial charge in [0.05, 0.1) is 22.1 Å². The van der Waals surface area contributed by atoms with Crippen LogP contribution in [0, 0.1) is 0 Å². The molecule has 2 aromatic rings. The summed E-state index contributed by atoms with van der Waals surface area (Å²) in [5.74, 6) is -0.319. The predicted octanol–water partition coefficient (Wildman–Crippen LogP) is 2.68. The molecule has 1 aliphatic rings. The van der Waals surface area contributed by atoms with E-state index in [1.165, 1.54) is 10.9 Å². The monoisotopic (exact) mass is 337 g/mol. The molecule has 1 N–H and O–H groups in total. The van der Waals surface area contributed by atoms with Gasteiger partial charge in [0.1, 0.15) is 6.54 Å². The topological polar surface area (TPSA) is 64.0 Å². The third-order valence-electron chi connectivity index (χ3n) is 3.58. The van der Waals surface area contributed by atoms with Crippen molar-refractivity contribution in [1.29, 1.82) is 0 Å². The minimum absolute atomic E-state index is 0.0840. The number of nitrogens with zero attached hydrogens (tertiary/aromatic N) is 2. The molecular weight excluding hydrogens is 325 g/mol. The third-order valence-corrected chi connectivity index (χ3v) is 4.32. The Hall–Kier alpha value is -1.85. The number of aryl methyl sites for hydroxylation is 1. The fraction of sp³-hybridized carbons (Fsp3) is 0.267. The lowest BCUT2D eigenvalue weighted by Gasteiger charge is -2.09. The first-order valence-corrected chi connectivity index (χ1v) is 7.62. The van der Waals surface area contributed by atoms with Crippen molar-refractivity contribution < 1.29 is 4.79 Å². The number of rotatable bonds is 3. The van der Waals surface area contributed by atoms with E-state index in [0.29, 0.717) is 15.7 Å². The number of carbonyl (C=O) groups is 1. The number of carbonyl (C=O) groups excluding carboxylic acids is 1. The maximum Gasteiger partial charge on any atom is 0.257 e. The van der Waals surface area contributed by atoms with Crippen LogP contribution in [0.25, 0.3) is 0 Å². The number of hydrogen-bond acceptors (Lipinski definition) is 3. The molecule has 0 unspecified atom stereocenters. The van der Waals surface area contributed by atoms with Gasteiger partial charge in [-0.2, -0.15) is 0 Å². The zero-order valence-electron chi connectivity index (χ0n) is 11.6. The second kappa shape index (κ2) is 6.10. The summed E-state index contributed by atoms with van der Waals surface area (Å²) in [6, 6.07) is 4.81. The minimum atomic E-state index is -0.319. The SMILES string of the molecule is O=C(Cn1cnc2c(c1=O)CCC2)Nc1ccc(Cl)c(Cl)c1. The maximum atomic E-state index is 12.3. The Balaban J connectivity index is 1.75. The van der Waals surface area contributed by atoms with E-state index in [9.17, 15) is 9.59 Å². The second-order valence-electron chi connectivity index (χ2n) is 5.13. The Morgan fingerprint density at radius 1 is 1.27 bits per heavy atom. The molecule has 7 heteroatoms. The molecule has 0 saturated heterocycles. The van der Waals surface area contributed by atoms with E-state index in [0.717, 1.165) is 30.5 Å². The Labute approximate surface area is 136 Å². The highest BCUT2D eigenvalue weighted by atomic mass is 35.5. The molecule has 1 aromatic carbocycles. The maximum absolute atomic E-state index is 12.3. The van der Waals surface area contributed by atoms with E-state index in [2.05, 4.69) is 10.3 Å².